The lowest BCUT2D eigenvalue weighted by Crippen LogP contribution is -2.15. The second kappa shape index (κ2) is 3.71. The topological polar surface area (TPSA) is 80.5 Å². The third-order valence-corrected chi connectivity index (χ3v) is 2.05. The Kier molecular flexibility index (Phi) is 2.41. The van der Waals surface area contributed by atoms with Gasteiger partial charge in [0.05, 0.1) is 6.20 Å². The van der Waals surface area contributed by atoms with Crippen LogP contribution in [0.25, 0.3) is 11.2 Å². The molecule has 5 heteroatoms. The van der Waals surface area contributed by atoms with E-state index in [-0.39, 0.29) is 6.04 Å². The molecule has 14 heavy (non-hydrogen) atoms. The molecule has 0 aliphatic carbocycles. The highest BCUT2D eigenvalue weighted by atomic mass is 15.0. The van der Waals surface area contributed by atoms with Crippen LogP contribution in [0.2, 0.25) is 0 Å². The van der Waals surface area contributed by atoms with E-state index in [2.05, 4.69) is 19.9 Å². The maximum atomic E-state index is 5.66. The summed E-state index contributed by atoms with van der Waals surface area (Å²) < 4.78 is 0. The number of nitrogens with two attached hydrogens (primary N) is 1. The Morgan fingerprint density at radius 1 is 1.57 bits per heavy atom. The Morgan fingerprint density at radius 3 is 3.14 bits per heavy atom. The van der Waals surface area contributed by atoms with Crippen LogP contribution in [0, 0.1) is 0 Å². The largest absolute Gasteiger partial charge is 0.339 e. The van der Waals surface area contributed by atoms with E-state index in [1.54, 1.807) is 6.20 Å². The summed E-state index contributed by atoms with van der Waals surface area (Å²) in [5.41, 5.74) is 7.27. The van der Waals surface area contributed by atoms with Gasteiger partial charge in [0.1, 0.15) is 17.7 Å². The molecule has 0 fully saturated rings. The van der Waals surface area contributed by atoms with Gasteiger partial charge in [-0.2, -0.15) is 0 Å². The normalized spacial score (nSPS) is 13.3. The van der Waals surface area contributed by atoms with Gasteiger partial charge < -0.3 is 10.7 Å². The van der Waals surface area contributed by atoms with Crippen molar-refractivity contribution in [2.24, 2.45) is 5.73 Å². The van der Waals surface area contributed by atoms with Gasteiger partial charge in [-0.1, -0.05) is 0 Å². The van der Waals surface area contributed by atoms with Gasteiger partial charge in [-0.25, -0.2) is 15.0 Å². The van der Waals surface area contributed by atoms with Crippen molar-refractivity contribution in [3.63, 3.8) is 0 Å². The zero-order chi connectivity index (χ0) is 9.97. The minimum Gasteiger partial charge on any atom is -0.339 e. The molecule has 0 aromatic carbocycles. The Labute approximate surface area is 81.8 Å². The molecule has 0 bridgehead atoms. The summed E-state index contributed by atoms with van der Waals surface area (Å²) in [6, 6.07) is 0.203. The summed E-state index contributed by atoms with van der Waals surface area (Å²) in [5, 5.41) is 0. The van der Waals surface area contributed by atoms with E-state index >= 15 is 0 Å². The zero-order valence-electron chi connectivity index (χ0n) is 8.07. The van der Waals surface area contributed by atoms with Gasteiger partial charge in [-0.05, 0) is 13.3 Å². The fraction of sp³-hybridized carbons (Fsp3) is 0.444. The highest BCUT2D eigenvalue weighted by Gasteiger charge is 2.03. The van der Waals surface area contributed by atoms with Crippen molar-refractivity contribution >= 4 is 11.2 Å². The molecule has 0 saturated carbocycles. The second-order valence-electron chi connectivity index (χ2n) is 3.46. The highest BCUT2D eigenvalue weighted by Crippen LogP contribution is 2.07. The van der Waals surface area contributed by atoms with Crippen molar-refractivity contribution < 1.29 is 0 Å². The van der Waals surface area contributed by atoms with E-state index in [0.717, 1.165) is 29.8 Å². The molecule has 0 saturated heterocycles. The Balaban J connectivity index is 2.19. The molecule has 0 spiro atoms. The molecule has 2 heterocycles. The SMILES string of the molecule is CC(N)CCc1nc2ncncc2[nH]1. The van der Waals surface area contributed by atoms with E-state index < -0.39 is 0 Å². The summed E-state index contributed by atoms with van der Waals surface area (Å²) >= 11 is 0. The maximum Gasteiger partial charge on any atom is 0.180 e. The quantitative estimate of drug-likeness (QED) is 0.745. The predicted octanol–water partition coefficient (Wildman–Crippen LogP) is 0.633. The average Bonchev–Trinajstić information content (AvgIpc) is 2.57. The summed E-state index contributed by atoms with van der Waals surface area (Å²) in [6.07, 6.45) is 5.00. The number of aryl methyl sites for hydroxylation is 1. The number of fused-ring (bicyclic) bond motifs is 1. The summed E-state index contributed by atoms with van der Waals surface area (Å²) in [5.74, 6) is 0.929. The number of nitrogens with zero attached hydrogens (tertiary/aromatic N) is 3. The first kappa shape index (κ1) is 9.08. The van der Waals surface area contributed by atoms with Crippen molar-refractivity contribution in [2.45, 2.75) is 25.8 Å². The average molecular weight is 191 g/mol. The molecule has 0 radical (unpaired) electrons. The van der Waals surface area contributed by atoms with E-state index in [9.17, 15) is 0 Å². The fourth-order valence-corrected chi connectivity index (χ4v) is 1.29. The van der Waals surface area contributed by atoms with Crippen LogP contribution in [0.4, 0.5) is 0 Å². The van der Waals surface area contributed by atoms with Gasteiger partial charge >= 0.3 is 0 Å². The lowest BCUT2D eigenvalue weighted by Gasteiger charge is -2.00. The van der Waals surface area contributed by atoms with Gasteiger partial charge in [0.15, 0.2) is 5.65 Å². The third-order valence-electron chi connectivity index (χ3n) is 2.05. The van der Waals surface area contributed by atoms with Crippen LogP contribution in [0.5, 0.6) is 0 Å². The number of hydrogen-bond donors (Lipinski definition) is 2. The number of imidazole rings is 1. The number of H-pyrrole nitrogens is 1. The van der Waals surface area contributed by atoms with Crippen molar-refractivity contribution in [2.75, 3.05) is 0 Å². The van der Waals surface area contributed by atoms with Crippen LogP contribution in [-0.4, -0.2) is 26.0 Å². The van der Waals surface area contributed by atoms with Crippen LogP contribution < -0.4 is 5.73 Å². The highest BCUT2D eigenvalue weighted by molar-refractivity contribution is 5.68. The monoisotopic (exact) mass is 191 g/mol. The number of aromatic nitrogens is 4. The van der Waals surface area contributed by atoms with E-state index in [1.165, 1.54) is 6.33 Å². The van der Waals surface area contributed by atoms with E-state index in [1.807, 2.05) is 6.92 Å². The zero-order valence-corrected chi connectivity index (χ0v) is 8.07. The molecule has 2 aromatic rings. The number of rotatable bonds is 3. The molecule has 1 atom stereocenters. The van der Waals surface area contributed by atoms with Crippen molar-refractivity contribution in [3.8, 4) is 0 Å². The molecule has 1 unspecified atom stereocenters. The first-order valence-electron chi connectivity index (χ1n) is 4.66. The van der Waals surface area contributed by atoms with Crippen LogP contribution >= 0.6 is 0 Å². The van der Waals surface area contributed by atoms with Crippen LogP contribution in [0.15, 0.2) is 12.5 Å². The van der Waals surface area contributed by atoms with Crippen molar-refractivity contribution in [1.82, 2.24) is 19.9 Å². The molecule has 2 aromatic heterocycles. The summed E-state index contributed by atoms with van der Waals surface area (Å²) in [7, 11) is 0. The Morgan fingerprint density at radius 2 is 2.43 bits per heavy atom. The van der Waals surface area contributed by atoms with Gasteiger partial charge in [-0.15, -0.1) is 0 Å². The first-order valence-corrected chi connectivity index (χ1v) is 4.66. The van der Waals surface area contributed by atoms with Gasteiger partial charge in [0, 0.05) is 12.5 Å². The van der Waals surface area contributed by atoms with Crippen molar-refractivity contribution in [1.29, 1.82) is 0 Å². The van der Waals surface area contributed by atoms with Crippen LogP contribution in [0.3, 0.4) is 0 Å². The van der Waals surface area contributed by atoms with Gasteiger partial charge in [0.2, 0.25) is 0 Å². The standard InChI is InChI=1S/C9H13N5/c1-6(10)2-3-8-13-7-4-11-5-12-9(7)14-8/h4-6H,2-3,10H2,1H3,(H,11,12,13,14). The molecule has 3 N–H and O–H groups in total. The number of aromatic amines is 1. The molecule has 5 nitrogen and oxygen atoms in total. The van der Waals surface area contributed by atoms with Crippen LogP contribution in [-0.2, 0) is 6.42 Å². The lowest BCUT2D eigenvalue weighted by molar-refractivity contribution is 0.652. The van der Waals surface area contributed by atoms with Crippen molar-refractivity contribution in [3.05, 3.63) is 18.3 Å². The molecular weight excluding hydrogens is 178 g/mol. The molecule has 74 valence electrons. The lowest BCUT2D eigenvalue weighted by atomic mass is 10.2. The Bertz CT molecular complexity index is 387. The minimum atomic E-state index is 0.203. The van der Waals surface area contributed by atoms with E-state index in [4.69, 9.17) is 5.73 Å². The fourth-order valence-electron chi connectivity index (χ4n) is 1.29. The smallest absolute Gasteiger partial charge is 0.180 e. The number of hydrogen-bond acceptors (Lipinski definition) is 4. The van der Waals surface area contributed by atoms with Gasteiger partial charge in [0.25, 0.3) is 0 Å². The molecule has 2 rings (SSSR count). The summed E-state index contributed by atoms with van der Waals surface area (Å²) in [4.78, 5) is 15.4. The first-order chi connectivity index (χ1) is 6.75. The Hall–Kier alpha value is -1.49. The second-order valence-corrected chi connectivity index (χ2v) is 3.46. The predicted molar refractivity (Wildman–Crippen MR) is 53.7 cm³/mol. The van der Waals surface area contributed by atoms with Crippen LogP contribution in [0.1, 0.15) is 19.2 Å². The minimum absolute atomic E-state index is 0.203. The molecule has 0 amide bonds. The molecule has 0 aliphatic heterocycles. The third kappa shape index (κ3) is 1.88. The molecule has 0 aliphatic rings. The summed E-state index contributed by atoms with van der Waals surface area (Å²) in [6.45, 7) is 1.99. The molecular formula is C9H13N5. The number of nitrogens with one attached hydrogen (secondary N) is 1. The van der Waals surface area contributed by atoms with E-state index in [0.29, 0.717) is 0 Å². The maximum absolute atomic E-state index is 5.66. The van der Waals surface area contributed by atoms with Gasteiger partial charge in [-0.3, -0.25) is 0 Å².